The quantitative estimate of drug-likeness (QED) is 0.658. The highest BCUT2D eigenvalue weighted by atomic mass is 32.2. The molecule has 3 amide bonds. The van der Waals surface area contributed by atoms with E-state index >= 15 is 0 Å². The molecule has 1 heterocycles. The summed E-state index contributed by atoms with van der Waals surface area (Å²) in [5.41, 5.74) is 6.45. The van der Waals surface area contributed by atoms with Crippen molar-refractivity contribution in [3.05, 3.63) is 60.4 Å². The molecule has 0 aliphatic carbocycles. The molecule has 9 heteroatoms. The molecule has 0 saturated carbocycles. The molecule has 0 bridgehead atoms. The molecule has 0 spiro atoms. The standard InChI is InChI=1S/C18H16FN5O2S/c1-11(16(25)21-17(20)26)27-18-23-22-15(12-7-9-13(19)10-8-12)24(18)14-5-3-2-4-6-14/h2-11H,1H3,(H3,20,21,25,26). The zero-order valence-corrected chi connectivity index (χ0v) is 15.1. The van der Waals surface area contributed by atoms with Crippen molar-refractivity contribution in [2.45, 2.75) is 17.3 Å². The first kappa shape index (κ1) is 18.6. The summed E-state index contributed by atoms with van der Waals surface area (Å²) >= 11 is 1.13. The number of carbonyl (C=O) groups is 2. The molecule has 1 aromatic heterocycles. The summed E-state index contributed by atoms with van der Waals surface area (Å²) < 4.78 is 15.0. The zero-order valence-electron chi connectivity index (χ0n) is 14.3. The zero-order chi connectivity index (χ0) is 19.4. The van der Waals surface area contributed by atoms with E-state index in [0.29, 0.717) is 16.5 Å². The molecule has 2 aromatic carbocycles. The van der Waals surface area contributed by atoms with Gasteiger partial charge in [-0.3, -0.25) is 14.7 Å². The van der Waals surface area contributed by atoms with Crippen molar-refractivity contribution in [1.29, 1.82) is 0 Å². The maximum absolute atomic E-state index is 13.3. The van der Waals surface area contributed by atoms with Crippen LogP contribution in [-0.4, -0.2) is 32.0 Å². The summed E-state index contributed by atoms with van der Waals surface area (Å²) in [6, 6.07) is 14.3. The molecule has 1 atom stereocenters. The number of benzene rings is 2. The van der Waals surface area contributed by atoms with Crippen LogP contribution in [0.15, 0.2) is 59.8 Å². The van der Waals surface area contributed by atoms with E-state index in [1.807, 2.05) is 35.6 Å². The van der Waals surface area contributed by atoms with E-state index in [-0.39, 0.29) is 5.82 Å². The Morgan fingerprint density at radius 1 is 1.11 bits per heavy atom. The number of nitrogens with one attached hydrogen (secondary N) is 1. The van der Waals surface area contributed by atoms with Crippen LogP contribution in [0.5, 0.6) is 0 Å². The lowest BCUT2D eigenvalue weighted by Crippen LogP contribution is -2.39. The number of halogens is 1. The number of aromatic nitrogens is 3. The maximum Gasteiger partial charge on any atom is 0.318 e. The molecule has 3 rings (SSSR count). The van der Waals surface area contributed by atoms with E-state index in [0.717, 1.165) is 17.4 Å². The molecule has 0 radical (unpaired) electrons. The Kier molecular flexibility index (Phi) is 5.51. The van der Waals surface area contributed by atoms with Gasteiger partial charge in [-0.25, -0.2) is 9.18 Å². The number of urea groups is 1. The average Bonchev–Trinajstić information content (AvgIpc) is 3.06. The van der Waals surface area contributed by atoms with Gasteiger partial charge < -0.3 is 5.73 Å². The predicted octanol–water partition coefficient (Wildman–Crippen LogP) is 2.75. The highest BCUT2D eigenvalue weighted by molar-refractivity contribution is 8.00. The van der Waals surface area contributed by atoms with Crippen LogP contribution in [0.25, 0.3) is 17.1 Å². The highest BCUT2D eigenvalue weighted by Gasteiger charge is 2.22. The second-order valence-electron chi connectivity index (χ2n) is 5.60. The summed E-state index contributed by atoms with van der Waals surface area (Å²) in [4.78, 5) is 22.9. The van der Waals surface area contributed by atoms with E-state index in [9.17, 15) is 14.0 Å². The van der Waals surface area contributed by atoms with E-state index in [1.54, 1.807) is 23.6 Å². The van der Waals surface area contributed by atoms with Crippen LogP contribution in [-0.2, 0) is 4.79 Å². The summed E-state index contributed by atoms with van der Waals surface area (Å²) in [5, 5.41) is 10.3. The predicted molar refractivity (Wildman–Crippen MR) is 99.8 cm³/mol. The molecular weight excluding hydrogens is 369 g/mol. The van der Waals surface area contributed by atoms with E-state index in [1.165, 1.54) is 12.1 Å². The smallest absolute Gasteiger partial charge is 0.318 e. The van der Waals surface area contributed by atoms with Crippen LogP contribution in [0.1, 0.15) is 6.92 Å². The minimum absolute atomic E-state index is 0.351. The topological polar surface area (TPSA) is 103 Å². The third-order valence-corrected chi connectivity index (χ3v) is 4.69. The molecule has 0 saturated heterocycles. The number of para-hydroxylation sites is 1. The molecule has 0 aliphatic rings. The van der Waals surface area contributed by atoms with E-state index in [4.69, 9.17) is 5.73 Å². The number of thioether (sulfide) groups is 1. The van der Waals surface area contributed by atoms with Crippen molar-refractivity contribution in [3.63, 3.8) is 0 Å². The highest BCUT2D eigenvalue weighted by Crippen LogP contribution is 2.30. The monoisotopic (exact) mass is 385 g/mol. The molecule has 1 unspecified atom stereocenters. The lowest BCUT2D eigenvalue weighted by atomic mass is 10.2. The van der Waals surface area contributed by atoms with Crippen molar-refractivity contribution in [2.24, 2.45) is 5.73 Å². The maximum atomic E-state index is 13.3. The third kappa shape index (κ3) is 4.32. The van der Waals surface area contributed by atoms with Gasteiger partial charge in [0.1, 0.15) is 5.82 Å². The fraction of sp³-hybridized carbons (Fsp3) is 0.111. The first-order chi connectivity index (χ1) is 13.0. The Bertz CT molecular complexity index is 960. The molecule has 0 fully saturated rings. The Balaban J connectivity index is 2.01. The number of hydrogen-bond donors (Lipinski definition) is 2. The Morgan fingerprint density at radius 3 is 2.41 bits per heavy atom. The molecule has 138 valence electrons. The number of imide groups is 1. The lowest BCUT2D eigenvalue weighted by molar-refractivity contribution is -0.119. The summed E-state index contributed by atoms with van der Waals surface area (Å²) in [7, 11) is 0. The van der Waals surface area contributed by atoms with Gasteiger partial charge in [0.2, 0.25) is 5.91 Å². The van der Waals surface area contributed by atoms with Gasteiger partial charge >= 0.3 is 6.03 Å². The van der Waals surface area contributed by atoms with E-state index in [2.05, 4.69) is 10.2 Å². The van der Waals surface area contributed by atoms with Crippen molar-refractivity contribution in [3.8, 4) is 17.1 Å². The molecule has 3 aromatic rings. The van der Waals surface area contributed by atoms with Crippen molar-refractivity contribution in [2.75, 3.05) is 0 Å². The van der Waals surface area contributed by atoms with Crippen LogP contribution < -0.4 is 11.1 Å². The number of nitrogens with zero attached hydrogens (tertiary/aromatic N) is 3. The SMILES string of the molecule is CC(Sc1nnc(-c2ccc(F)cc2)n1-c1ccccc1)C(=O)NC(N)=O. The Morgan fingerprint density at radius 2 is 1.78 bits per heavy atom. The minimum Gasteiger partial charge on any atom is -0.351 e. The van der Waals surface area contributed by atoms with Crippen molar-refractivity contribution in [1.82, 2.24) is 20.1 Å². The van der Waals surface area contributed by atoms with Gasteiger partial charge in [-0.15, -0.1) is 10.2 Å². The number of rotatable bonds is 5. The van der Waals surface area contributed by atoms with Gasteiger partial charge in [0.05, 0.1) is 5.25 Å². The number of nitrogens with two attached hydrogens (primary N) is 1. The van der Waals surface area contributed by atoms with Gasteiger partial charge in [-0.2, -0.15) is 0 Å². The molecule has 3 N–H and O–H groups in total. The van der Waals surface area contributed by atoms with Gasteiger partial charge in [0, 0.05) is 11.3 Å². The van der Waals surface area contributed by atoms with Crippen molar-refractivity contribution >= 4 is 23.7 Å². The second kappa shape index (κ2) is 8.00. The third-order valence-electron chi connectivity index (χ3n) is 3.65. The summed E-state index contributed by atoms with van der Waals surface area (Å²) in [6.07, 6.45) is 0. The number of amides is 3. The lowest BCUT2D eigenvalue weighted by Gasteiger charge is -2.13. The second-order valence-corrected chi connectivity index (χ2v) is 6.91. The number of primary amides is 1. The molecule has 0 aliphatic heterocycles. The number of carbonyl (C=O) groups excluding carboxylic acids is 2. The number of hydrogen-bond acceptors (Lipinski definition) is 5. The van der Waals surface area contributed by atoms with Crippen LogP contribution in [0.4, 0.5) is 9.18 Å². The summed E-state index contributed by atoms with van der Waals surface area (Å²) in [5.74, 6) is -0.375. The minimum atomic E-state index is -0.913. The van der Waals surface area contributed by atoms with Crippen LogP contribution in [0.3, 0.4) is 0 Å². The van der Waals surface area contributed by atoms with Gasteiger partial charge in [0.25, 0.3) is 0 Å². The first-order valence-electron chi connectivity index (χ1n) is 7.99. The largest absolute Gasteiger partial charge is 0.351 e. The average molecular weight is 385 g/mol. The van der Waals surface area contributed by atoms with E-state index < -0.39 is 17.2 Å². The summed E-state index contributed by atoms with van der Waals surface area (Å²) in [6.45, 7) is 1.63. The fourth-order valence-electron chi connectivity index (χ4n) is 2.38. The van der Waals surface area contributed by atoms with Gasteiger partial charge in [-0.1, -0.05) is 30.0 Å². The van der Waals surface area contributed by atoms with Crippen molar-refractivity contribution < 1.29 is 14.0 Å². The Labute approximate surface area is 158 Å². The van der Waals surface area contributed by atoms with Crippen LogP contribution >= 0.6 is 11.8 Å². The Hall–Kier alpha value is -3.20. The molecule has 7 nitrogen and oxygen atoms in total. The molecular formula is C18H16FN5O2S. The van der Waals surface area contributed by atoms with Crippen LogP contribution in [0, 0.1) is 5.82 Å². The van der Waals surface area contributed by atoms with Crippen LogP contribution in [0.2, 0.25) is 0 Å². The van der Waals surface area contributed by atoms with Gasteiger partial charge in [0.15, 0.2) is 11.0 Å². The first-order valence-corrected chi connectivity index (χ1v) is 8.87. The van der Waals surface area contributed by atoms with Gasteiger partial charge in [-0.05, 0) is 43.3 Å². The molecule has 27 heavy (non-hydrogen) atoms. The normalized spacial score (nSPS) is 11.8. The fourth-order valence-corrected chi connectivity index (χ4v) is 3.24.